The normalized spacial score (nSPS) is 13.0. The number of alkyl halides is 1. The topological polar surface area (TPSA) is 33.1 Å². The third-order valence-electron chi connectivity index (χ3n) is 5.74. The summed E-state index contributed by atoms with van der Waals surface area (Å²) in [6.07, 6.45) is 5.64. The summed E-state index contributed by atoms with van der Waals surface area (Å²) in [6.45, 7) is 3.64. The number of aromatic nitrogens is 1. The van der Waals surface area contributed by atoms with Crippen molar-refractivity contribution >= 4 is 46.3 Å². The van der Waals surface area contributed by atoms with Gasteiger partial charge in [-0.2, -0.15) is 0 Å². The van der Waals surface area contributed by atoms with Gasteiger partial charge in [-0.3, -0.25) is 0 Å². The lowest BCUT2D eigenvalue weighted by atomic mass is 9.90. The third kappa shape index (κ3) is 6.03. The predicted molar refractivity (Wildman–Crippen MR) is 141 cm³/mol. The number of aryl methyl sites for hydroxylation is 1. The molecule has 3 aromatic carbocycles. The van der Waals surface area contributed by atoms with Gasteiger partial charge in [-0.05, 0) is 73.2 Å². The molecule has 0 spiro atoms. The number of fused-ring (bicyclic) bond motifs is 1. The van der Waals surface area contributed by atoms with E-state index in [9.17, 15) is 5.11 Å². The smallest absolute Gasteiger partial charge is 0.0843 e. The van der Waals surface area contributed by atoms with E-state index in [-0.39, 0.29) is 5.38 Å². The molecule has 33 heavy (non-hydrogen) atoms. The summed E-state index contributed by atoms with van der Waals surface area (Å²) in [4.78, 5) is 4.68. The van der Waals surface area contributed by atoms with Crippen LogP contribution in [0.3, 0.4) is 0 Å². The highest BCUT2D eigenvalue weighted by Crippen LogP contribution is 2.30. The lowest BCUT2D eigenvalue weighted by Crippen LogP contribution is -2.18. The van der Waals surface area contributed by atoms with Gasteiger partial charge in [0, 0.05) is 10.4 Å². The van der Waals surface area contributed by atoms with Crippen LogP contribution in [-0.2, 0) is 12.0 Å². The highest BCUT2D eigenvalue weighted by molar-refractivity contribution is 6.31. The predicted octanol–water partition coefficient (Wildman–Crippen LogP) is 8.20. The zero-order valence-electron chi connectivity index (χ0n) is 18.8. The molecule has 0 unspecified atom stereocenters. The molecule has 1 atom stereocenters. The molecule has 0 saturated carbocycles. The van der Waals surface area contributed by atoms with Crippen LogP contribution in [0.4, 0.5) is 0 Å². The molecule has 0 aliphatic heterocycles. The molecular formula is C29H27Cl2NO. The third-order valence-corrected chi connectivity index (χ3v) is 6.44. The van der Waals surface area contributed by atoms with E-state index < -0.39 is 5.60 Å². The lowest BCUT2D eigenvalue weighted by molar-refractivity contribution is 0.0776. The number of halogens is 2. The number of benzene rings is 3. The van der Waals surface area contributed by atoms with E-state index >= 15 is 0 Å². The molecule has 0 fully saturated rings. The zero-order chi connectivity index (χ0) is 23.4. The van der Waals surface area contributed by atoms with Crippen molar-refractivity contribution in [1.29, 1.82) is 0 Å². The standard InChI is InChI=1S/C29H27Cl2NO/c1-29(2,33)26-9-4-3-7-21(26)13-17-27(31)23-8-5-6-20(18-23)10-15-25-16-12-22-11-14-24(30)19-28(22)32-25/h3-12,14-16,18-19,27,33H,13,17H2,1-2H3/b15-10+/t27-/m0/s1. The molecule has 0 amide bonds. The van der Waals surface area contributed by atoms with Crippen molar-refractivity contribution < 1.29 is 5.11 Å². The number of pyridine rings is 1. The minimum atomic E-state index is -0.870. The van der Waals surface area contributed by atoms with Crippen molar-refractivity contribution in [2.75, 3.05) is 0 Å². The van der Waals surface area contributed by atoms with Crippen LogP contribution in [0.1, 0.15) is 53.6 Å². The van der Waals surface area contributed by atoms with Gasteiger partial charge in [0.2, 0.25) is 0 Å². The summed E-state index contributed by atoms with van der Waals surface area (Å²) in [7, 11) is 0. The first-order valence-electron chi connectivity index (χ1n) is 11.1. The van der Waals surface area contributed by atoms with E-state index in [1.807, 2.05) is 68.5 Å². The first-order chi connectivity index (χ1) is 15.8. The monoisotopic (exact) mass is 475 g/mol. The van der Waals surface area contributed by atoms with Gasteiger partial charge in [0.05, 0.1) is 22.2 Å². The van der Waals surface area contributed by atoms with Crippen LogP contribution in [0.2, 0.25) is 5.02 Å². The van der Waals surface area contributed by atoms with Gasteiger partial charge in [-0.25, -0.2) is 4.98 Å². The molecule has 2 nitrogen and oxygen atoms in total. The van der Waals surface area contributed by atoms with E-state index in [1.54, 1.807) is 0 Å². The van der Waals surface area contributed by atoms with Gasteiger partial charge in [0.15, 0.2) is 0 Å². The SMILES string of the molecule is CC(C)(O)c1ccccc1CC[C@H](Cl)c1cccc(/C=C/c2ccc3ccc(Cl)cc3n2)c1. The van der Waals surface area contributed by atoms with Crippen LogP contribution < -0.4 is 0 Å². The average molecular weight is 476 g/mol. The van der Waals surface area contributed by atoms with Crippen LogP contribution in [0.15, 0.2) is 78.9 Å². The van der Waals surface area contributed by atoms with Crippen molar-refractivity contribution in [1.82, 2.24) is 4.98 Å². The molecule has 168 valence electrons. The Balaban J connectivity index is 1.47. The zero-order valence-corrected chi connectivity index (χ0v) is 20.3. The molecule has 0 aliphatic carbocycles. The summed E-state index contributed by atoms with van der Waals surface area (Å²) in [5, 5.41) is 12.1. The Morgan fingerprint density at radius 2 is 1.73 bits per heavy atom. The number of hydrogen-bond donors (Lipinski definition) is 1. The average Bonchev–Trinajstić information content (AvgIpc) is 2.80. The Hall–Kier alpha value is -2.65. The van der Waals surface area contributed by atoms with Gasteiger partial charge < -0.3 is 5.11 Å². The second-order valence-corrected chi connectivity index (χ2v) is 9.76. The van der Waals surface area contributed by atoms with E-state index in [2.05, 4.69) is 41.4 Å². The van der Waals surface area contributed by atoms with Gasteiger partial charge in [0.25, 0.3) is 0 Å². The van der Waals surface area contributed by atoms with E-state index in [0.717, 1.165) is 51.7 Å². The lowest BCUT2D eigenvalue weighted by Gasteiger charge is -2.22. The van der Waals surface area contributed by atoms with Gasteiger partial charge in [-0.1, -0.05) is 78.3 Å². The second-order valence-electron chi connectivity index (χ2n) is 8.80. The fourth-order valence-electron chi connectivity index (χ4n) is 4.02. The highest BCUT2D eigenvalue weighted by Gasteiger charge is 2.20. The molecule has 0 saturated heterocycles. The molecule has 1 N–H and O–H groups in total. The van der Waals surface area contributed by atoms with Crippen LogP contribution >= 0.6 is 23.2 Å². The fourth-order valence-corrected chi connectivity index (χ4v) is 4.43. The van der Waals surface area contributed by atoms with E-state index in [4.69, 9.17) is 23.2 Å². The van der Waals surface area contributed by atoms with Crippen molar-refractivity contribution in [2.24, 2.45) is 0 Å². The summed E-state index contributed by atoms with van der Waals surface area (Å²) in [5.74, 6) is 0. The number of nitrogens with zero attached hydrogens (tertiary/aromatic N) is 1. The number of aliphatic hydroxyl groups is 1. The molecular weight excluding hydrogens is 449 g/mol. The molecule has 0 aliphatic rings. The van der Waals surface area contributed by atoms with Crippen molar-refractivity contribution in [3.8, 4) is 0 Å². The van der Waals surface area contributed by atoms with E-state index in [0.29, 0.717) is 5.02 Å². The first kappa shape index (κ1) is 23.5. The maximum absolute atomic E-state index is 10.5. The fraction of sp³-hybridized carbons (Fsp3) is 0.207. The number of rotatable bonds is 7. The molecule has 4 heteroatoms. The van der Waals surface area contributed by atoms with Crippen molar-refractivity contribution in [3.63, 3.8) is 0 Å². The van der Waals surface area contributed by atoms with E-state index in [1.165, 1.54) is 0 Å². The minimum Gasteiger partial charge on any atom is -0.386 e. The maximum Gasteiger partial charge on any atom is 0.0843 e. The number of hydrogen-bond acceptors (Lipinski definition) is 2. The molecule has 1 heterocycles. The summed E-state index contributed by atoms with van der Waals surface area (Å²) in [5.41, 5.74) is 5.13. The van der Waals surface area contributed by atoms with Crippen LogP contribution in [0.5, 0.6) is 0 Å². The Bertz CT molecular complexity index is 1290. The first-order valence-corrected chi connectivity index (χ1v) is 11.9. The van der Waals surface area contributed by atoms with Crippen molar-refractivity contribution in [3.05, 3.63) is 112 Å². The summed E-state index contributed by atoms with van der Waals surface area (Å²) < 4.78 is 0. The molecule has 4 aromatic rings. The van der Waals surface area contributed by atoms with Crippen LogP contribution in [0, 0.1) is 0 Å². The Morgan fingerprint density at radius 1 is 0.939 bits per heavy atom. The van der Waals surface area contributed by atoms with Gasteiger partial charge >= 0.3 is 0 Å². The van der Waals surface area contributed by atoms with Crippen LogP contribution in [0.25, 0.3) is 23.1 Å². The Morgan fingerprint density at radius 3 is 2.55 bits per heavy atom. The molecule has 4 rings (SSSR count). The second kappa shape index (κ2) is 10.1. The Labute approximate surface area is 205 Å². The largest absolute Gasteiger partial charge is 0.386 e. The van der Waals surface area contributed by atoms with Gasteiger partial charge in [0.1, 0.15) is 0 Å². The molecule has 0 bridgehead atoms. The maximum atomic E-state index is 10.5. The van der Waals surface area contributed by atoms with Crippen molar-refractivity contribution in [2.45, 2.75) is 37.7 Å². The molecule has 1 aromatic heterocycles. The highest BCUT2D eigenvalue weighted by atomic mass is 35.5. The summed E-state index contributed by atoms with van der Waals surface area (Å²) in [6, 6.07) is 26.1. The van der Waals surface area contributed by atoms with Gasteiger partial charge in [-0.15, -0.1) is 11.6 Å². The van der Waals surface area contributed by atoms with Crippen LogP contribution in [-0.4, -0.2) is 10.1 Å². The summed E-state index contributed by atoms with van der Waals surface area (Å²) >= 11 is 12.9. The minimum absolute atomic E-state index is 0.117. The quantitative estimate of drug-likeness (QED) is 0.273. The molecule has 0 radical (unpaired) electrons. The Kier molecular flexibility index (Phi) is 7.19.